The van der Waals surface area contributed by atoms with Gasteiger partial charge in [0.1, 0.15) is 0 Å². The van der Waals surface area contributed by atoms with Crippen molar-refractivity contribution in [3.63, 3.8) is 0 Å². The number of Topliss-reactive ketones (excluding diaryl/α,β-unsaturated/α-hetero) is 1. The monoisotopic (exact) mass is 275 g/mol. The van der Waals surface area contributed by atoms with Crippen LogP contribution >= 0.6 is 0 Å². The molecular formula is C19H17NO. The van der Waals surface area contributed by atoms with E-state index in [4.69, 9.17) is 4.98 Å². The molecule has 0 fully saturated rings. The highest BCUT2D eigenvalue weighted by Crippen LogP contribution is 2.26. The van der Waals surface area contributed by atoms with Gasteiger partial charge in [-0.25, -0.2) is 4.98 Å². The van der Waals surface area contributed by atoms with Crippen LogP contribution in [-0.4, -0.2) is 10.8 Å². The van der Waals surface area contributed by atoms with Crippen LogP contribution in [0, 0.1) is 5.92 Å². The van der Waals surface area contributed by atoms with Crippen molar-refractivity contribution in [2.45, 2.75) is 13.8 Å². The zero-order valence-electron chi connectivity index (χ0n) is 12.2. The third-order valence-corrected chi connectivity index (χ3v) is 3.58. The van der Waals surface area contributed by atoms with Crippen molar-refractivity contribution in [3.05, 3.63) is 66.2 Å². The number of carbonyl (C=O) groups excluding carboxylic acids is 1. The summed E-state index contributed by atoms with van der Waals surface area (Å²) in [6.07, 6.45) is 0. The molecule has 2 aromatic carbocycles. The first-order chi connectivity index (χ1) is 10.2. The van der Waals surface area contributed by atoms with Gasteiger partial charge in [0.15, 0.2) is 5.78 Å². The van der Waals surface area contributed by atoms with E-state index in [-0.39, 0.29) is 11.7 Å². The average Bonchev–Trinajstić information content (AvgIpc) is 2.54. The molecule has 0 amide bonds. The zero-order chi connectivity index (χ0) is 14.8. The molecule has 3 rings (SSSR count). The molecule has 0 N–H and O–H groups in total. The van der Waals surface area contributed by atoms with Gasteiger partial charge >= 0.3 is 0 Å². The van der Waals surface area contributed by atoms with Gasteiger partial charge < -0.3 is 0 Å². The lowest BCUT2D eigenvalue weighted by Crippen LogP contribution is -2.09. The molecule has 1 aromatic heterocycles. The number of carbonyl (C=O) groups is 1. The summed E-state index contributed by atoms with van der Waals surface area (Å²) in [6, 6.07) is 19.7. The lowest BCUT2D eigenvalue weighted by atomic mass is 9.96. The Morgan fingerprint density at radius 1 is 0.952 bits per heavy atom. The first kappa shape index (κ1) is 13.5. The van der Waals surface area contributed by atoms with E-state index in [2.05, 4.69) is 0 Å². The van der Waals surface area contributed by atoms with Crippen LogP contribution in [0.2, 0.25) is 0 Å². The molecule has 2 nitrogen and oxygen atoms in total. The summed E-state index contributed by atoms with van der Waals surface area (Å²) in [4.78, 5) is 17.2. The molecule has 0 aliphatic carbocycles. The third-order valence-electron chi connectivity index (χ3n) is 3.58. The van der Waals surface area contributed by atoms with Gasteiger partial charge in [-0.2, -0.15) is 0 Å². The quantitative estimate of drug-likeness (QED) is 0.646. The maximum Gasteiger partial charge on any atom is 0.166 e. The van der Waals surface area contributed by atoms with Crippen molar-refractivity contribution >= 4 is 16.7 Å². The number of pyridine rings is 1. The van der Waals surface area contributed by atoms with E-state index in [1.807, 2.05) is 74.5 Å². The van der Waals surface area contributed by atoms with Gasteiger partial charge in [-0.1, -0.05) is 62.4 Å². The number of para-hydroxylation sites is 1. The number of benzene rings is 2. The second kappa shape index (κ2) is 5.49. The van der Waals surface area contributed by atoms with Crippen LogP contribution < -0.4 is 0 Å². The Morgan fingerprint density at radius 3 is 2.33 bits per heavy atom. The number of ketones is 1. The van der Waals surface area contributed by atoms with Crippen LogP contribution in [0.15, 0.2) is 60.7 Å². The lowest BCUT2D eigenvalue weighted by molar-refractivity contribution is 0.0941. The summed E-state index contributed by atoms with van der Waals surface area (Å²) in [5.74, 6) is 0.130. The van der Waals surface area contributed by atoms with Gasteiger partial charge in [0, 0.05) is 22.4 Å². The second-order valence-corrected chi connectivity index (χ2v) is 5.46. The molecule has 0 aliphatic rings. The number of hydrogen-bond donors (Lipinski definition) is 0. The molecule has 0 atom stereocenters. The van der Waals surface area contributed by atoms with Crippen molar-refractivity contribution in [1.82, 2.24) is 4.98 Å². The zero-order valence-corrected chi connectivity index (χ0v) is 12.2. The molecule has 0 bridgehead atoms. The molecule has 3 aromatic rings. The molecule has 21 heavy (non-hydrogen) atoms. The topological polar surface area (TPSA) is 30.0 Å². The summed E-state index contributed by atoms with van der Waals surface area (Å²) >= 11 is 0. The first-order valence-electron chi connectivity index (χ1n) is 7.16. The predicted molar refractivity (Wildman–Crippen MR) is 86.3 cm³/mol. The highest BCUT2D eigenvalue weighted by molar-refractivity contribution is 6.09. The van der Waals surface area contributed by atoms with Gasteiger partial charge in [-0.3, -0.25) is 4.79 Å². The van der Waals surface area contributed by atoms with E-state index in [0.717, 1.165) is 27.7 Å². The van der Waals surface area contributed by atoms with E-state index < -0.39 is 0 Å². The van der Waals surface area contributed by atoms with Gasteiger partial charge in [-0.05, 0) is 12.1 Å². The second-order valence-electron chi connectivity index (χ2n) is 5.46. The van der Waals surface area contributed by atoms with Crippen molar-refractivity contribution in [1.29, 1.82) is 0 Å². The number of aromatic nitrogens is 1. The molecule has 2 heteroatoms. The van der Waals surface area contributed by atoms with Crippen LogP contribution in [-0.2, 0) is 0 Å². The lowest BCUT2D eigenvalue weighted by Gasteiger charge is -2.11. The summed E-state index contributed by atoms with van der Waals surface area (Å²) in [7, 11) is 0. The Balaban J connectivity index is 2.27. The van der Waals surface area contributed by atoms with Gasteiger partial charge in [0.2, 0.25) is 0 Å². The van der Waals surface area contributed by atoms with Crippen LogP contribution in [0.3, 0.4) is 0 Å². The molecule has 0 spiro atoms. The van der Waals surface area contributed by atoms with Crippen LogP contribution in [0.25, 0.3) is 22.2 Å². The number of fused-ring (bicyclic) bond motifs is 1. The molecule has 0 saturated carbocycles. The van der Waals surface area contributed by atoms with Crippen molar-refractivity contribution in [3.8, 4) is 11.3 Å². The van der Waals surface area contributed by atoms with Gasteiger partial charge in [-0.15, -0.1) is 0 Å². The minimum atomic E-state index is -0.0283. The van der Waals surface area contributed by atoms with E-state index in [9.17, 15) is 4.79 Å². The van der Waals surface area contributed by atoms with Crippen molar-refractivity contribution < 1.29 is 4.79 Å². The molecule has 1 heterocycles. The Labute approximate surface area is 124 Å². The smallest absolute Gasteiger partial charge is 0.166 e. The van der Waals surface area contributed by atoms with Crippen LogP contribution in [0.5, 0.6) is 0 Å². The maximum atomic E-state index is 12.5. The van der Waals surface area contributed by atoms with Crippen LogP contribution in [0.4, 0.5) is 0 Å². The first-order valence-corrected chi connectivity index (χ1v) is 7.16. The van der Waals surface area contributed by atoms with E-state index in [1.165, 1.54) is 0 Å². The van der Waals surface area contributed by atoms with E-state index in [0.29, 0.717) is 0 Å². The summed E-state index contributed by atoms with van der Waals surface area (Å²) in [6.45, 7) is 3.86. The third kappa shape index (κ3) is 2.57. The van der Waals surface area contributed by atoms with Crippen molar-refractivity contribution in [2.24, 2.45) is 5.92 Å². The molecule has 0 saturated heterocycles. The summed E-state index contributed by atoms with van der Waals surface area (Å²) < 4.78 is 0. The highest BCUT2D eigenvalue weighted by Gasteiger charge is 2.16. The standard InChI is InChI=1S/C19H17NO/c1-13(2)19(21)16-12-18(14-8-4-3-5-9-14)20-17-11-7-6-10-15(16)17/h3-13H,1-2H3. The van der Waals surface area contributed by atoms with Crippen molar-refractivity contribution in [2.75, 3.05) is 0 Å². The average molecular weight is 275 g/mol. The number of rotatable bonds is 3. The van der Waals surface area contributed by atoms with Crippen LogP contribution in [0.1, 0.15) is 24.2 Å². The van der Waals surface area contributed by atoms with Gasteiger partial charge in [0.25, 0.3) is 0 Å². The molecule has 104 valence electrons. The molecular weight excluding hydrogens is 258 g/mol. The maximum absolute atomic E-state index is 12.5. The fraction of sp³-hybridized carbons (Fsp3) is 0.158. The van der Waals surface area contributed by atoms with E-state index >= 15 is 0 Å². The molecule has 0 unspecified atom stereocenters. The summed E-state index contributed by atoms with van der Waals surface area (Å²) in [5.41, 5.74) is 3.50. The fourth-order valence-corrected chi connectivity index (χ4v) is 2.45. The largest absolute Gasteiger partial charge is 0.294 e. The number of hydrogen-bond acceptors (Lipinski definition) is 2. The number of nitrogens with zero attached hydrogens (tertiary/aromatic N) is 1. The normalized spacial score (nSPS) is 11.0. The minimum Gasteiger partial charge on any atom is -0.294 e. The Kier molecular flexibility index (Phi) is 3.53. The molecule has 0 aliphatic heterocycles. The minimum absolute atomic E-state index is 0.0283. The Morgan fingerprint density at radius 2 is 1.62 bits per heavy atom. The SMILES string of the molecule is CC(C)C(=O)c1cc(-c2ccccc2)nc2ccccc12. The van der Waals surface area contributed by atoms with E-state index in [1.54, 1.807) is 0 Å². The predicted octanol–water partition coefficient (Wildman–Crippen LogP) is 4.74. The van der Waals surface area contributed by atoms with Gasteiger partial charge in [0.05, 0.1) is 11.2 Å². The Hall–Kier alpha value is -2.48. The Bertz CT molecular complexity index is 791. The summed E-state index contributed by atoms with van der Waals surface area (Å²) in [5, 5.41) is 0.927. The fourth-order valence-electron chi connectivity index (χ4n) is 2.45. The molecule has 0 radical (unpaired) electrons. The highest BCUT2D eigenvalue weighted by atomic mass is 16.1.